The van der Waals surface area contributed by atoms with E-state index in [9.17, 15) is 0 Å². The van der Waals surface area contributed by atoms with Gasteiger partial charge < -0.3 is 9.88 Å². The van der Waals surface area contributed by atoms with Gasteiger partial charge in [-0.3, -0.25) is 0 Å². The normalized spacial score (nSPS) is 28.1. The maximum atomic E-state index is 4.58. The van der Waals surface area contributed by atoms with Gasteiger partial charge in [0.1, 0.15) is 0 Å². The molecule has 3 atom stereocenters. The first kappa shape index (κ1) is 13.2. The van der Waals surface area contributed by atoms with Crippen molar-refractivity contribution >= 4 is 5.95 Å². The van der Waals surface area contributed by atoms with Gasteiger partial charge in [0.25, 0.3) is 0 Å². The lowest BCUT2D eigenvalue weighted by Gasteiger charge is -2.34. The Morgan fingerprint density at radius 3 is 2.94 bits per heavy atom. The van der Waals surface area contributed by atoms with Crippen LogP contribution in [0.1, 0.15) is 44.8 Å². The molecule has 1 saturated carbocycles. The Hall–Kier alpha value is -1.25. The average Bonchev–Trinajstić information content (AvgIpc) is 2.67. The highest BCUT2D eigenvalue weighted by atomic mass is 15.2. The number of anilines is 1. The number of nitrogens with one attached hydrogen (secondary N) is 1. The second-order valence-corrected chi connectivity index (χ2v) is 5.75. The highest BCUT2D eigenvalue weighted by Crippen LogP contribution is 2.38. The Balaban J connectivity index is 2.18. The van der Waals surface area contributed by atoms with E-state index in [-0.39, 0.29) is 0 Å². The number of hydrogen-bond acceptors (Lipinski definition) is 2. The minimum Gasteiger partial charge on any atom is -0.352 e. The fourth-order valence-corrected chi connectivity index (χ4v) is 3.13. The number of nitrogens with zero attached hydrogens (tertiary/aromatic N) is 2. The van der Waals surface area contributed by atoms with Crippen LogP contribution in [-0.2, 0) is 0 Å². The Kier molecular flexibility index (Phi) is 4.10. The largest absolute Gasteiger partial charge is 0.352 e. The van der Waals surface area contributed by atoms with Crippen LogP contribution in [0.4, 0.5) is 5.95 Å². The molecule has 1 aliphatic rings. The molecule has 0 saturated heterocycles. The van der Waals surface area contributed by atoms with Gasteiger partial charge in [0, 0.05) is 18.8 Å². The lowest BCUT2D eigenvalue weighted by atomic mass is 9.80. The third kappa shape index (κ3) is 2.77. The summed E-state index contributed by atoms with van der Waals surface area (Å²) in [5.41, 5.74) is 1.09. The third-order valence-electron chi connectivity index (χ3n) is 4.00. The van der Waals surface area contributed by atoms with Crippen LogP contribution in [0.5, 0.6) is 0 Å². The molecule has 3 heteroatoms. The summed E-state index contributed by atoms with van der Waals surface area (Å²) in [5.74, 6) is 2.59. The van der Waals surface area contributed by atoms with Gasteiger partial charge in [0.15, 0.2) is 0 Å². The Labute approximate surface area is 110 Å². The summed E-state index contributed by atoms with van der Waals surface area (Å²) in [6, 6.07) is 0.592. The van der Waals surface area contributed by atoms with Gasteiger partial charge in [-0.1, -0.05) is 19.9 Å². The van der Waals surface area contributed by atoms with Crippen molar-refractivity contribution in [1.82, 2.24) is 9.55 Å². The SMILES string of the molecule is C=CCNc1nc(C)cn1C1CCC(C)CC1C. The van der Waals surface area contributed by atoms with Crippen molar-refractivity contribution in [3.05, 3.63) is 24.5 Å². The van der Waals surface area contributed by atoms with E-state index in [1.54, 1.807) is 0 Å². The molecule has 0 bridgehead atoms. The van der Waals surface area contributed by atoms with Crippen LogP contribution >= 0.6 is 0 Å². The summed E-state index contributed by atoms with van der Waals surface area (Å²) in [4.78, 5) is 4.58. The molecule has 3 unspecified atom stereocenters. The molecule has 0 aliphatic heterocycles. The molecule has 0 amide bonds. The van der Waals surface area contributed by atoms with Gasteiger partial charge in [-0.2, -0.15) is 0 Å². The van der Waals surface area contributed by atoms with Crippen molar-refractivity contribution in [2.45, 2.75) is 46.1 Å². The molecule has 0 aromatic carbocycles. The van der Waals surface area contributed by atoms with Crippen LogP contribution in [0, 0.1) is 18.8 Å². The zero-order chi connectivity index (χ0) is 13.1. The van der Waals surface area contributed by atoms with Gasteiger partial charge in [0.2, 0.25) is 5.95 Å². The molecule has 2 rings (SSSR count). The maximum absolute atomic E-state index is 4.58. The van der Waals surface area contributed by atoms with Gasteiger partial charge in [-0.15, -0.1) is 6.58 Å². The topological polar surface area (TPSA) is 29.9 Å². The van der Waals surface area contributed by atoms with E-state index in [4.69, 9.17) is 0 Å². The van der Waals surface area contributed by atoms with Crippen molar-refractivity contribution in [3.8, 4) is 0 Å². The second-order valence-electron chi connectivity index (χ2n) is 5.75. The molecule has 1 aliphatic carbocycles. The van der Waals surface area contributed by atoms with E-state index >= 15 is 0 Å². The lowest BCUT2D eigenvalue weighted by molar-refractivity contribution is 0.209. The van der Waals surface area contributed by atoms with E-state index < -0.39 is 0 Å². The molecule has 100 valence electrons. The Morgan fingerprint density at radius 1 is 1.50 bits per heavy atom. The van der Waals surface area contributed by atoms with Gasteiger partial charge in [-0.05, 0) is 38.0 Å². The molecule has 0 radical (unpaired) electrons. The predicted molar refractivity (Wildman–Crippen MR) is 76.9 cm³/mol. The van der Waals surface area contributed by atoms with Crippen LogP contribution in [0.2, 0.25) is 0 Å². The third-order valence-corrected chi connectivity index (χ3v) is 4.00. The van der Waals surface area contributed by atoms with E-state index in [2.05, 4.69) is 48.4 Å². The molecule has 0 spiro atoms. The lowest BCUT2D eigenvalue weighted by Crippen LogP contribution is -2.25. The van der Waals surface area contributed by atoms with Crippen LogP contribution in [0.3, 0.4) is 0 Å². The standard InChI is InChI=1S/C15H25N3/c1-5-8-16-15-17-13(4)10-18(15)14-7-6-11(2)9-12(14)3/h5,10-12,14H,1,6-9H2,2-4H3,(H,16,17). The molecule has 1 N–H and O–H groups in total. The molecule has 1 fully saturated rings. The van der Waals surface area contributed by atoms with E-state index in [1.807, 2.05) is 6.08 Å². The molecule has 1 heterocycles. The summed E-state index contributed by atoms with van der Waals surface area (Å²) in [7, 11) is 0. The highest BCUT2D eigenvalue weighted by molar-refractivity contribution is 5.30. The number of aromatic nitrogens is 2. The predicted octanol–water partition coefficient (Wildman–Crippen LogP) is 3.79. The molecule has 1 aromatic rings. The summed E-state index contributed by atoms with van der Waals surface area (Å²) in [6.45, 7) is 11.3. The zero-order valence-corrected chi connectivity index (χ0v) is 11.8. The van der Waals surface area contributed by atoms with Crippen molar-refractivity contribution in [2.75, 3.05) is 11.9 Å². The van der Waals surface area contributed by atoms with Crippen LogP contribution in [0.25, 0.3) is 0 Å². The Bertz CT molecular complexity index is 408. The highest BCUT2D eigenvalue weighted by Gasteiger charge is 2.28. The summed E-state index contributed by atoms with van der Waals surface area (Å²) in [6.07, 6.45) is 7.97. The van der Waals surface area contributed by atoms with Gasteiger partial charge in [-0.25, -0.2) is 4.98 Å². The van der Waals surface area contributed by atoms with Gasteiger partial charge in [0.05, 0.1) is 5.69 Å². The van der Waals surface area contributed by atoms with E-state index in [0.717, 1.165) is 30.0 Å². The number of aryl methyl sites for hydroxylation is 1. The number of rotatable bonds is 4. The fraction of sp³-hybridized carbons (Fsp3) is 0.667. The monoisotopic (exact) mass is 247 g/mol. The quantitative estimate of drug-likeness (QED) is 0.820. The molecule has 18 heavy (non-hydrogen) atoms. The molecule has 3 nitrogen and oxygen atoms in total. The minimum atomic E-state index is 0.592. The number of hydrogen-bond donors (Lipinski definition) is 1. The fourth-order valence-electron chi connectivity index (χ4n) is 3.13. The molecule has 1 aromatic heterocycles. The van der Waals surface area contributed by atoms with E-state index in [1.165, 1.54) is 19.3 Å². The maximum Gasteiger partial charge on any atom is 0.203 e. The first-order valence-electron chi connectivity index (χ1n) is 7.02. The second kappa shape index (κ2) is 5.59. The van der Waals surface area contributed by atoms with Crippen LogP contribution < -0.4 is 5.32 Å². The van der Waals surface area contributed by atoms with Crippen LogP contribution in [0.15, 0.2) is 18.9 Å². The van der Waals surface area contributed by atoms with Crippen LogP contribution in [-0.4, -0.2) is 16.1 Å². The van der Waals surface area contributed by atoms with Crippen molar-refractivity contribution in [1.29, 1.82) is 0 Å². The van der Waals surface area contributed by atoms with E-state index in [0.29, 0.717) is 6.04 Å². The Morgan fingerprint density at radius 2 is 2.28 bits per heavy atom. The minimum absolute atomic E-state index is 0.592. The molecular weight excluding hydrogens is 222 g/mol. The smallest absolute Gasteiger partial charge is 0.203 e. The van der Waals surface area contributed by atoms with Crippen molar-refractivity contribution in [3.63, 3.8) is 0 Å². The van der Waals surface area contributed by atoms with Crippen molar-refractivity contribution < 1.29 is 0 Å². The molecular formula is C15H25N3. The zero-order valence-electron chi connectivity index (χ0n) is 11.8. The van der Waals surface area contributed by atoms with Crippen molar-refractivity contribution in [2.24, 2.45) is 11.8 Å². The summed E-state index contributed by atoms with van der Waals surface area (Å²) in [5, 5.41) is 3.35. The first-order chi connectivity index (χ1) is 8.61. The average molecular weight is 247 g/mol. The van der Waals surface area contributed by atoms with Gasteiger partial charge >= 0.3 is 0 Å². The summed E-state index contributed by atoms with van der Waals surface area (Å²) < 4.78 is 2.34. The number of imidazole rings is 1. The first-order valence-corrected chi connectivity index (χ1v) is 7.02. The summed E-state index contributed by atoms with van der Waals surface area (Å²) >= 11 is 0.